The Morgan fingerprint density at radius 3 is 2.47 bits per heavy atom. The Bertz CT molecular complexity index is 383. The van der Waals surface area contributed by atoms with Gasteiger partial charge >= 0.3 is 0 Å². The van der Waals surface area contributed by atoms with E-state index in [2.05, 4.69) is 23.2 Å². The molecule has 0 spiro atoms. The maximum Gasteiger partial charge on any atom is 0.0991 e. The molecular formula is C14H19N3. The summed E-state index contributed by atoms with van der Waals surface area (Å²) in [5.74, 6) is 0. The van der Waals surface area contributed by atoms with Gasteiger partial charge in [0.1, 0.15) is 0 Å². The Kier molecular flexibility index (Phi) is 4.00. The summed E-state index contributed by atoms with van der Waals surface area (Å²) in [5.41, 5.74) is 1.97. The molecule has 1 aromatic rings. The highest BCUT2D eigenvalue weighted by Gasteiger charge is 2.18. The van der Waals surface area contributed by atoms with Crippen LogP contribution in [0, 0.1) is 11.3 Å². The number of nitrogens with zero attached hydrogens (tertiary/aromatic N) is 2. The van der Waals surface area contributed by atoms with E-state index in [-0.39, 0.29) is 0 Å². The monoisotopic (exact) mass is 229 g/mol. The van der Waals surface area contributed by atoms with Crippen molar-refractivity contribution >= 4 is 5.69 Å². The third-order valence-corrected chi connectivity index (χ3v) is 3.35. The van der Waals surface area contributed by atoms with Crippen molar-refractivity contribution in [2.24, 2.45) is 0 Å². The van der Waals surface area contributed by atoms with E-state index in [1.807, 2.05) is 24.3 Å². The molecule has 1 aliphatic rings. The molecule has 0 unspecified atom stereocenters. The molecule has 0 bridgehead atoms. The molecule has 1 aliphatic heterocycles. The molecule has 0 amide bonds. The van der Waals surface area contributed by atoms with Crippen LogP contribution in [-0.4, -0.2) is 25.7 Å². The number of anilines is 1. The van der Waals surface area contributed by atoms with E-state index in [1.165, 1.54) is 18.5 Å². The molecule has 3 nitrogen and oxygen atoms in total. The molecule has 0 saturated carbocycles. The van der Waals surface area contributed by atoms with Crippen LogP contribution in [0.5, 0.6) is 0 Å². The zero-order chi connectivity index (χ0) is 12.1. The first kappa shape index (κ1) is 11.9. The normalized spacial score (nSPS) is 16.8. The van der Waals surface area contributed by atoms with Gasteiger partial charge in [-0.25, -0.2) is 0 Å². The van der Waals surface area contributed by atoms with Gasteiger partial charge in [0.25, 0.3) is 0 Å². The molecule has 1 aromatic carbocycles. The third-order valence-electron chi connectivity index (χ3n) is 3.35. The van der Waals surface area contributed by atoms with Crippen LogP contribution in [-0.2, 0) is 0 Å². The van der Waals surface area contributed by atoms with Crippen molar-refractivity contribution in [3.05, 3.63) is 29.8 Å². The summed E-state index contributed by atoms with van der Waals surface area (Å²) < 4.78 is 0. The number of nitrogens with one attached hydrogen (secondary N) is 1. The molecule has 0 aromatic heterocycles. The van der Waals surface area contributed by atoms with Crippen molar-refractivity contribution in [1.82, 2.24) is 5.32 Å². The number of hydrogen-bond acceptors (Lipinski definition) is 3. The summed E-state index contributed by atoms with van der Waals surface area (Å²) in [6.45, 7) is 5.42. The van der Waals surface area contributed by atoms with E-state index in [4.69, 9.17) is 5.26 Å². The van der Waals surface area contributed by atoms with Gasteiger partial charge in [-0.2, -0.15) is 5.26 Å². The maximum atomic E-state index is 8.76. The summed E-state index contributed by atoms with van der Waals surface area (Å²) in [6, 6.07) is 10.7. The van der Waals surface area contributed by atoms with Crippen LogP contribution in [0.3, 0.4) is 0 Å². The average molecular weight is 229 g/mol. The Morgan fingerprint density at radius 1 is 1.29 bits per heavy atom. The number of nitriles is 1. The minimum absolute atomic E-state index is 0.676. The summed E-state index contributed by atoms with van der Waals surface area (Å²) >= 11 is 0. The molecule has 0 aliphatic carbocycles. The van der Waals surface area contributed by atoms with Crippen molar-refractivity contribution in [1.29, 1.82) is 5.26 Å². The Morgan fingerprint density at radius 2 is 1.94 bits per heavy atom. The lowest BCUT2D eigenvalue weighted by molar-refractivity contribution is 0.424. The SMILES string of the molecule is CCNC1CCN(c2ccc(C#N)cc2)CC1. The van der Waals surface area contributed by atoms with Crippen molar-refractivity contribution in [2.75, 3.05) is 24.5 Å². The molecule has 1 saturated heterocycles. The second kappa shape index (κ2) is 5.70. The van der Waals surface area contributed by atoms with Gasteiger partial charge < -0.3 is 10.2 Å². The molecular weight excluding hydrogens is 210 g/mol. The van der Waals surface area contributed by atoms with E-state index in [9.17, 15) is 0 Å². The van der Waals surface area contributed by atoms with Crippen molar-refractivity contribution in [2.45, 2.75) is 25.8 Å². The maximum absolute atomic E-state index is 8.76. The zero-order valence-electron chi connectivity index (χ0n) is 10.3. The second-order valence-corrected chi connectivity index (χ2v) is 4.48. The van der Waals surface area contributed by atoms with Crippen LogP contribution in [0.15, 0.2) is 24.3 Å². The Balaban J connectivity index is 1.94. The lowest BCUT2D eigenvalue weighted by Gasteiger charge is -2.34. The number of piperidine rings is 1. The Labute approximate surface area is 103 Å². The molecule has 1 heterocycles. The second-order valence-electron chi connectivity index (χ2n) is 4.48. The quantitative estimate of drug-likeness (QED) is 0.863. The summed E-state index contributed by atoms with van der Waals surface area (Å²) in [7, 11) is 0. The number of hydrogen-bond donors (Lipinski definition) is 1. The molecule has 3 heteroatoms. The number of benzene rings is 1. The Hall–Kier alpha value is -1.53. The van der Waals surface area contributed by atoms with Gasteiger partial charge in [-0.15, -0.1) is 0 Å². The molecule has 90 valence electrons. The van der Waals surface area contributed by atoms with Crippen molar-refractivity contribution < 1.29 is 0 Å². The highest BCUT2D eigenvalue weighted by atomic mass is 15.1. The minimum Gasteiger partial charge on any atom is -0.371 e. The van der Waals surface area contributed by atoms with Gasteiger partial charge in [0.15, 0.2) is 0 Å². The van der Waals surface area contributed by atoms with Crippen LogP contribution in [0.2, 0.25) is 0 Å². The van der Waals surface area contributed by atoms with Gasteiger partial charge in [0.2, 0.25) is 0 Å². The smallest absolute Gasteiger partial charge is 0.0991 e. The average Bonchev–Trinajstić information content (AvgIpc) is 2.40. The fourth-order valence-corrected chi connectivity index (χ4v) is 2.38. The van der Waals surface area contributed by atoms with E-state index in [1.54, 1.807) is 0 Å². The molecule has 0 atom stereocenters. The van der Waals surface area contributed by atoms with Gasteiger partial charge in [-0.3, -0.25) is 0 Å². The highest BCUT2D eigenvalue weighted by Crippen LogP contribution is 2.20. The molecule has 17 heavy (non-hydrogen) atoms. The minimum atomic E-state index is 0.676. The fourth-order valence-electron chi connectivity index (χ4n) is 2.38. The lowest BCUT2D eigenvalue weighted by Crippen LogP contribution is -2.42. The third kappa shape index (κ3) is 2.98. The van der Waals surface area contributed by atoms with Gasteiger partial charge in [0.05, 0.1) is 11.6 Å². The number of rotatable bonds is 3. The van der Waals surface area contributed by atoms with E-state index in [0.717, 1.165) is 25.2 Å². The van der Waals surface area contributed by atoms with Gasteiger partial charge in [-0.05, 0) is 43.7 Å². The van der Waals surface area contributed by atoms with Crippen LogP contribution in [0.1, 0.15) is 25.3 Å². The van der Waals surface area contributed by atoms with Gasteiger partial charge in [0, 0.05) is 24.8 Å². The zero-order valence-corrected chi connectivity index (χ0v) is 10.3. The first-order valence-corrected chi connectivity index (χ1v) is 6.32. The van der Waals surface area contributed by atoms with Crippen molar-refractivity contribution in [3.63, 3.8) is 0 Å². The first-order chi connectivity index (χ1) is 8.33. The largest absolute Gasteiger partial charge is 0.371 e. The molecule has 1 N–H and O–H groups in total. The fraction of sp³-hybridized carbons (Fsp3) is 0.500. The van der Waals surface area contributed by atoms with Gasteiger partial charge in [-0.1, -0.05) is 6.92 Å². The summed E-state index contributed by atoms with van der Waals surface area (Å²) in [4.78, 5) is 2.40. The predicted octanol–water partition coefficient (Wildman–Crippen LogP) is 2.14. The van der Waals surface area contributed by atoms with Crippen LogP contribution in [0.4, 0.5) is 5.69 Å². The van der Waals surface area contributed by atoms with E-state index >= 15 is 0 Å². The highest BCUT2D eigenvalue weighted by molar-refractivity contribution is 5.49. The van der Waals surface area contributed by atoms with Crippen LogP contribution < -0.4 is 10.2 Å². The first-order valence-electron chi connectivity index (χ1n) is 6.32. The molecule has 2 rings (SSSR count). The standard InChI is InChI=1S/C14H19N3/c1-2-16-13-7-9-17(10-8-13)14-5-3-12(11-15)4-6-14/h3-6,13,16H,2,7-10H2,1H3. The van der Waals surface area contributed by atoms with Crippen LogP contribution >= 0.6 is 0 Å². The molecule has 1 fully saturated rings. The summed E-state index contributed by atoms with van der Waals surface area (Å²) in [5, 5.41) is 12.3. The lowest BCUT2D eigenvalue weighted by atomic mass is 10.0. The van der Waals surface area contributed by atoms with Crippen molar-refractivity contribution in [3.8, 4) is 6.07 Å². The summed E-state index contributed by atoms with van der Waals surface area (Å²) in [6.07, 6.45) is 2.40. The topological polar surface area (TPSA) is 39.1 Å². The predicted molar refractivity (Wildman–Crippen MR) is 70.1 cm³/mol. The van der Waals surface area contributed by atoms with Crippen LogP contribution in [0.25, 0.3) is 0 Å². The van der Waals surface area contributed by atoms with E-state index < -0.39 is 0 Å². The molecule has 0 radical (unpaired) electrons. The van der Waals surface area contributed by atoms with E-state index in [0.29, 0.717) is 6.04 Å².